The lowest BCUT2D eigenvalue weighted by molar-refractivity contribution is -0.333. The maximum atomic E-state index is 14.4. The Labute approximate surface area is 189 Å². The Morgan fingerprint density at radius 2 is 1.94 bits per heavy atom. The number of fused-ring (bicyclic) bond motifs is 2. The van der Waals surface area contributed by atoms with Crippen molar-refractivity contribution in [3.63, 3.8) is 0 Å². The molecule has 2 heterocycles. The van der Waals surface area contributed by atoms with E-state index in [2.05, 4.69) is 0 Å². The molecule has 2 bridgehead atoms. The third kappa shape index (κ3) is 3.59. The maximum absolute atomic E-state index is 14.4. The quantitative estimate of drug-likeness (QED) is 0.601. The number of alkyl halides is 1. The Balaban J connectivity index is 1.69. The largest absolute Gasteiger partial charge is 0.491 e. The van der Waals surface area contributed by atoms with E-state index in [-0.39, 0.29) is 18.8 Å². The summed E-state index contributed by atoms with van der Waals surface area (Å²) in [6, 6.07) is 9.29. The molecule has 6 nitrogen and oxygen atoms in total. The summed E-state index contributed by atoms with van der Waals surface area (Å²) < 4.78 is 45.5. The lowest BCUT2D eigenvalue weighted by Gasteiger charge is -2.47. The van der Waals surface area contributed by atoms with Crippen molar-refractivity contribution in [3.05, 3.63) is 63.9 Å². The van der Waals surface area contributed by atoms with Gasteiger partial charge in [0.05, 0.1) is 13.2 Å². The average molecular weight is 471 g/mol. The van der Waals surface area contributed by atoms with Gasteiger partial charge in [0.1, 0.15) is 24.5 Å². The molecule has 0 aliphatic carbocycles. The van der Waals surface area contributed by atoms with Gasteiger partial charge < -0.3 is 29.5 Å². The molecule has 0 unspecified atom stereocenters. The van der Waals surface area contributed by atoms with Crippen LogP contribution < -0.4 is 4.74 Å². The van der Waals surface area contributed by atoms with Gasteiger partial charge in [0.15, 0.2) is 17.2 Å². The van der Waals surface area contributed by atoms with Crippen LogP contribution in [0.5, 0.6) is 5.75 Å². The summed E-state index contributed by atoms with van der Waals surface area (Å²) in [4.78, 5) is 0. The summed E-state index contributed by atoms with van der Waals surface area (Å²) >= 11 is 6.36. The molecule has 9 heteroatoms. The van der Waals surface area contributed by atoms with Crippen LogP contribution in [0.4, 0.5) is 8.78 Å². The predicted octanol–water partition coefficient (Wildman–Crippen LogP) is 2.86. The summed E-state index contributed by atoms with van der Waals surface area (Å²) in [7, 11) is 0. The van der Waals surface area contributed by atoms with Gasteiger partial charge in [0.25, 0.3) is 0 Å². The lowest BCUT2D eigenvalue weighted by Crippen LogP contribution is -2.66. The summed E-state index contributed by atoms with van der Waals surface area (Å²) in [5, 5.41) is 31.9. The Hall–Kier alpha value is -1.81. The fourth-order valence-electron chi connectivity index (χ4n) is 4.36. The summed E-state index contributed by atoms with van der Waals surface area (Å²) in [6.45, 7) is 2.94. The second-order valence-electron chi connectivity index (χ2n) is 8.19. The first kappa shape index (κ1) is 23.4. The first-order valence-corrected chi connectivity index (χ1v) is 10.7. The molecule has 32 heavy (non-hydrogen) atoms. The highest BCUT2D eigenvalue weighted by Gasteiger charge is 2.69. The van der Waals surface area contributed by atoms with Gasteiger partial charge in [-0.2, -0.15) is 0 Å². The van der Waals surface area contributed by atoms with Crippen molar-refractivity contribution in [2.24, 2.45) is 0 Å². The monoisotopic (exact) mass is 470 g/mol. The third-order valence-corrected chi connectivity index (χ3v) is 6.57. The molecule has 2 fully saturated rings. The van der Waals surface area contributed by atoms with Gasteiger partial charge in [0, 0.05) is 10.6 Å². The van der Waals surface area contributed by atoms with Crippen molar-refractivity contribution in [3.8, 4) is 5.75 Å². The molecule has 2 saturated heterocycles. The van der Waals surface area contributed by atoms with Crippen molar-refractivity contribution in [2.45, 2.75) is 56.1 Å². The molecule has 0 spiro atoms. The van der Waals surface area contributed by atoms with E-state index in [1.54, 1.807) is 25.1 Å². The van der Waals surface area contributed by atoms with Gasteiger partial charge in [-0.25, -0.2) is 8.78 Å². The molecule has 0 radical (unpaired) electrons. The van der Waals surface area contributed by atoms with Crippen LogP contribution in [0.3, 0.4) is 0 Å². The zero-order valence-corrected chi connectivity index (χ0v) is 18.4. The Kier molecular flexibility index (Phi) is 6.21. The van der Waals surface area contributed by atoms with Crippen molar-refractivity contribution in [1.29, 1.82) is 0 Å². The second kappa shape index (κ2) is 8.52. The van der Waals surface area contributed by atoms with Crippen LogP contribution >= 0.6 is 11.6 Å². The fraction of sp³-hybridized carbons (Fsp3) is 0.478. The molecular weight excluding hydrogens is 446 g/mol. The van der Waals surface area contributed by atoms with Crippen molar-refractivity contribution in [2.75, 3.05) is 13.2 Å². The standard InChI is InChI=1S/C23H25ClF2O6/c1-3-30-18-7-4-13(9-17(18)26)8-14-10-15(5-6-16(14)24)23-21(29)19(27)20(28)22(32-23,11-31-23)12(2)25/h4-7,9-10,12,19-21,27-29H,3,8,11H2,1-2H3/t12-,19-,20-,21+,22+,23-/m0/s1. The Morgan fingerprint density at radius 3 is 2.59 bits per heavy atom. The van der Waals surface area contributed by atoms with Gasteiger partial charge in [-0.3, -0.25) is 0 Å². The highest BCUT2D eigenvalue weighted by molar-refractivity contribution is 6.31. The van der Waals surface area contributed by atoms with Crippen LogP contribution in [0.15, 0.2) is 36.4 Å². The number of hydrogen-bond acceptors (Lipinski definition) is 6. The first-order valence-electron chi connectivity index (χ1n) is 10.4. The van der Waals surface area contributed by atoms with E-state index in [0.717, 1.165) is 0 Å². The van der Waals surface area contributed by atoms with Crippen LogP contribution in [0.2, 0.25) is 5.02 Å². The molecule has 2 aromatic rings. The molecule has 2 aliphatic heterocycles. The number of hydrogen-bond donors (Lipinski definition) is 3. The molecule has 4 rings (SSSR count). The molecule has 6 atom stereocenters. The smallest absolute Gasteiger partial charge is 0.225 e. The van der Waals surface area contributed by atoms with Crippen LogP contribution in [0, 0.1) is 5.82 Å². The maximum Gasteiger partial charge on any atom is 0.225 e. The zero-order chi connectivity index (χ0) is 23.3. The van der Waals surface area contributed by atoms with Gasteiger partial charge in [-0.15, -0.1) is 0 Å². The lowest BCUT2D eigenvalue weighted by atomic mass is 9.81. The zero-order valence-electron chi connectivity index (χ0n) is 17.6. The topological polar surface area (TPSA) is 88.4 Å². The highest BCUT2D eigenvalue weighted by Crippen LogP contribution is 2.51. The van der Waals surface area contributed by atoms with Crippen LogP contribution in [-0.2, 0) is 21.7 Å². The van der Waals surface area contributed by atoms with E-state index < -0.39 is 41.7 Å². The van der Waals surface area contributed by atoms with Crippen molar-refractivity contribution in [1.82, 2.24) is 0 Å². The summed E-state index contributed by atoms with van der Waals surface area (Å²) in [6.07, 6.45) is -6.47. The molecule has 2 aromatic carbocycles. The Bertz CT molecular complexity index is 1000. The minimum atomic E-state index is -1.89. The van der Waals surface area contributed by atoms with Gasteiger partial charge in [-0.1, -0.05) is 23.7 Å². The van der Waals surface area contributed by atoms with Crippen LogP contribution in [0.1, 0.15) is 30.5 Å². The molecule has 0 aromatic heterocycles. The molecule has 3 N–H and O–H groups in total. The molecule has 0 saturated carbocycles. The normalized spacial score (nSPS) is 32.7. The van der Waals surface area contributed by atoms with Gasteiger partial charge in [-0.05, 0) is 55.7 Å². The molecule has 0 amide bonds. The van der Waals surface area contributed by atoms with E-state index in [4.69, 9.17) is 25.8 Å². The number of halogens is 3. The van der Waals surface area contributed by atoms with E-state index in [1.165, 1.54) is 25.1 Å². The van der Waals surface area contributed by atoms with Crippen molar-refractivity contribution < 1.29 is 38.3 Å². The van der Waals surface area contributed by atoms with E-state index in [0.29, 0.717) is 28.3 Å². The van der Waals surface area contributed by atoms with Gasteiger partial charge >= 0.3 is 0 Å². The number of aliphatic hydroxyl groups excluding tert-OH is 3. The minimum absolute atomic E-state index is 0.150. The number of rotatable bonds is 6. The first-order chi connectivity index (χ1) is 15.1. The van der Waals surface area contributed by atoms with Gasteiger partial charge in [0.2, 0.25) is 5.79 Å². The highest BCUT2D eigenvalue weighted by atomic mass is 35.5. The van der Waals surface area contributed by atoms with Crippen molar-refractivity contribution >= 4 is 11.6 Å². The number of ether oxygens (including phenoxy) is 3. The van der Waals surface area contributed by atoms with E-state index in [9.17, 15) is 24.1 Å². The molecule has 2 aliphatic rings. The van der Waals surface area contributed by atoms with E-state index >= 15 is 0 Å². The van der Waals surface area contributed by atoms with E-state index in [1.807, 2.05) is 0 Å². The fourth-order valence-corrected chi connectivity index (χ4v) is 4.54. The molecular formula is C23H25ClF2O6. The number of benzene rings is 2. The third-order valence-electron chi connectivity index (χ3n) is 6.20. The molecule has 174 valence electrons. The SMILES string of the molecule is CCOc1ccc(Cc2cc([C@]34OC[C@]([C@H](C)F)(O3)[C@@H](O)[C@H](O)[C@H]4O)ccc2Cl)cc1F. The summed E-state index contributed by atoms with van der Waals surface area (Å²) in [5.41, 5.74) is -0.323. The predicted molar refractivity (Wildman–Crippen MR) is 112 cm³/mol. The minimum Gasteiger partial charge on any atom is -0.491 e. The van der Waals surface area contributed by atoms with Crippen LogP contribution in [-0.4, -0.2) is 58.6 Å². The summed E-state index contributed by atoms with van der Waals surface area (Å²) in [5.74, 6) is -2.24. The average Bonchev–Trinajstić information content (AvgIpc) is 3.16. The van der Waals surface area contributed by atoms with Crippen LogP contribution in [0.25, 0.3) is 0 Å². The Morgan fingerprint density at radius 1 is 1.19 bits per heavy atom. The number of aliphatic hydroxyl groups is 3. The second-order valence-corrected chi connectivity index (χ2v) is 8.60.